The largest absolute Gasteiger partial charge is 0.354 e. The summed E-state index contributed by atoms with van der Waals surface area (Å²) in [6.07, 6.45) is 1.46. The summed E-state index contributed by atoms with van der Waals surface area (Å²) in [6, 6.07) is 20.9. The van der Waals surface area contributed by atoms with Crippen LogP contribution >= 0.6 is 23.2 Å². The van der Waals surface area contributed by atoms with E-state index < -0.39 is 6.29 Å². The van der Waals surface area contributed by atoms with Crippen molar-refractivity contribution >= 4 is 40.4 Å². The summed E-state index contributed by atoms with van der Waals surface area (Å²) < 4.78 is 12.7. The fraction of sp³-hybridized carbons (Fsp3) is 0.167. The van der Waals surface area contributed by atoms with Gasteiger partial charge >= 0.3 is 0 Å². The topological polar surface area (TPSA) is 60.2 Å². The van der Waals surface area contributed by atoms with Gasteiger partial charge in [-0.3, -0.25) is 9.39 Å². The Morgan fingerprint density at radius 1 is 1.00 bits per heavy atom. The molecule has 0 unspecified atom stereocenters. The van der Waals surface area contributed by atoms with Crippen LogP contribution in [0, 0.1) is 0 Å². The number of methoxy groups -OCH3 is 2. The molecule has 0 atom stereocenters. The highest BCUT2D eigenvalue weighted by Crippen LogP contribution is 2.31. The Hall–Kier alpha value is -2.90. The van der Waals surface area contributed by atoms with Gasteiger partial charge in [-0.05, 0) is 42.5 Å². The molecular formula is C24H22Cl2N4O2. The maximum atomic E-state index is 6.55. The van der Waals surface area contributed by atoms with Gasteiger partial charge in [-0.1, -0.05) is 47.5 Å². The molecule has 6 nitrogen and oxygen atoms in total. The number of aliphatic imine (C=N–C) groups is 1. The maximum Gasteiger partial charge on any atom is 0.176 e. The number of fused-ring (bicyclic) bond motifs is 1. The monoisotopic (exact) mass is 468 g/mol. The zero-order chi connectivity index (χ0) is 22.5. The zero-order valence-corrected chi connectivity index (χ0v) is 19.1. The van der Waals surface area contributed by atoms with Crippen molar-refractivity contribution in [2.24, 2.45) is 4.99 Å². The van der Waals surface area contributed by atoms with E-state index in [0.29, 0.717) is 21.6 Å². The van der Waals surface area contributed by atoms with E-state index in [4.69, 9.17) is 42.7 Å². The number of aromatic nitrogens is 2. The van der Waals surface area contributed by atoms with Gasteiger partial charge < -0.3 is 14.8 Å². The summed E-state index contributed by atoms with van der Waals surface area (Å²) in [6.45, 7) is 0.283. The average Bonchev–Trinajstić information content (AvgIpc) is 3.20. The Balaban J connectivity index is 1.90. The van der Waals surface area contributed by atoms with Crippen LogP contribution in [0.5, 0.6) is 0 Å². The van der Waals surface area contributed by atoms with Crippen LogP contribution in [0.3, 0.4) is 0 Å². The number of anilines is 1. The third-order valence-electron chi connectivity index (χ3n) is 4.91. The first-order valence-electron chi connectivity index (χ1n) is 9.95. The summed E-state index contributed by atoms with van der Waals surface area (Å²) in [5.74, 6) is 0.597. The summed E-state index contributed by atoms with van der Waals surface area (Å²) in [7, 11) is 3.17. The van der Waals surface area contributed by atoms with Crippen molar-refractivity contribution in [1.29, 1.82) is 0 Å². The molecule has 4 aromatic rings. The van der Waals surface area contributed by atoms with Gasteiger partial charge in [0.1, 0.15) is 17.0 Å². The fourth-order valence-electron chi connectivity index (χ4n) is 3.32. The van der Waals surface area contributed by atoms with Crippen LogP contribution in [0.25, 0.3) is 16.9 Å². The van der Waals surface area contributed by atoms with E-state index in [-0.39, 0.29) is 6.54 Å². The number of amidine groups is 1. The average molecular weight is 469 g/mol. The minimum Gasteiger partial charge on any atom is -0.354 e. The first-order valence-corrected chi connectivity index (χ1v) is 10.7. The molecule has 8 heteroatoms. The number of hydrogen-bond acceptors (Lipinski definition) is 4. The molecule has 0 radical (unpaired) electrons. The van der Waals surface area contributed by atoms with Gasteiger partial charge in [0.15, 0.2) is 12.1 Å². The smallest absolute Gasteiger partial charge is 0.176 e. The molecule has 0 bridgehead atoms. The van der Waals surface area contributed by atoms with Crippen molar-refractivity contribution in [1.82, 2.24) is 9.38 Å². The number of benzene rings is 2. The lowest BCUT2D eigenvalue weighted by atomic mass is 10.1. The van der Waals surface area contributed by atoms with Gasteiger partial charge in [0.05, 0.1) is 11.6 Å². The third-order valence-corrected chi connectivity index (χ3v) is 5.50. The van der Waals surface area contributed by atoms with E-state index in [1.807, 2.05) is 77.3 Å². The number of pyridine rings is 1. The molecule has 0 spiro atoms. The zero-order valence-electron chi connectivity index (χ0n) is 17.6. The molecule has 0 aliphatic carbocycles. The van der Waals surface area contributed by atoms with Crippen molar-refractivity contribution in [3.8, 4) is 11.3 Å². The lowest BCUT2D eigenvalue weighted by molar-refractivity contribution is -0.0936. The predicted molar refractivity (Wildman–Crippen MR) is 130 cm³/mol. The van der Waals surface area contributed by atoms with E-state index in [0.717, 1.165) is 22.6 Å². The number of halogens is 2. The molecule has 0 aliphatic heterocycles. The summed E-state index contributed by atoms with van der Waals surface area (Å²) in [5.41, 5.74) is 3.91. The molecule has 2 aromatic heterocycles. The third kappa shape index (κ3) is 4.79. The second-order valence-corrected chi connectivity index (χ2v) is 7.78. The second kappa shape index (κ2) is 10.1. The summed E-state index contributed by atoms with van der Waals surface area (Å²) in [4.78, 5) is 9.67. The molecule has 0 amide bonds. The van der Waals surface area contributed by atoms with E-state index in [9.17, 15) is 0 Å². The van der Waals surface area contributed by atoms with E-state index in [1.54, 1.807) is 14.2 Å². The van der Waals surface area contributed by atoms with Crippen molar-refractivity contribution < 1.29 is 9.47 Å². The van der Waals surface area contributed by atoms with Gasteiger partial charge in [-0.2, -0.15) is 0 Å². The van der Waals surface area contributed by atoms with Gasteiger partial charge in [-0.25, -0.2) is 4.98 Å². The van der Waals surface area contributed by atoms with Gasteiger partial charge in [0, 0.05) is 36.7 Å². The summed E-state index contributed by atoms with van der Waals surface area (Å²) in [5, 5.41) is 4.67. The quantitative estimate of drug-likeness (QED) is 0.212. The Labute approximate surface area is 196 Å². The number of nitrogens with one attached hydrogen (secondary N) is 1. The molecule has 2 heterocycles. The molecule has 1 N–H and O–H groups in total. The van der Waals surface area contributed by atoms with Crippen LogP contribution in [0.2, 0.25) is 10.0 Å². The van der Waals surface area contributed by atoms with Crippen LogP contribution in [0.1, 0.15) is 5.69 Å². The van der Waals surface area contributed by atoms with Crippen molar-refractivity contribution in [2.45, 2.75) is 6.29 Å². The van der Waals surface area contributed by atoms with Gasteiger partial charge in [0.25, 0.3) is 0 Å². The molecule has 0 aliphatic rings. The lowest BCUT2D eigenvalue weighted by Crippen LogP contribution is -2.22. The van der Waals surface area contributed by atoms with Crippen molar-refractivity contribution in [3.05, 3.63) is 88.7 Å². The molecular weight excluding hydrogens is 447 g/mol. The van der Waals surface area contributed by atoms with E-state index >= 15 is 0 Å². The van der Waals surface area contributed by atoms with E-state index in [2.05, 4.69) is 5.32 Å². The van der Waals surface area contributed by atoms with Crippen molar-refractivity contribution in [3.63, 3.8) is 0 Å². The molecule has 0 fully saturated rings. The highest BCUT2D eigenvalue weighted by atomic mass is 35.5. The van der Waals surface area contributed by atoms with Gasteiger partial charge in [-0.15, -0.1) is 0 Å². The SMILES string of the molecule is COC(C/N=C(\Nc1ccc(Cl)cc1)c1c(-c2ccccc2Cl)nc2ccccn12)OC. The van der Waals surface area contributed by atoms with E-state index in [1.165, 1.54) is 0 Å². The fourth-order valence-corrected chi connectivity index (χ4v) is 3.67. The summed E-state index contributed by atoms with van der Waals surface area (Å²) >= 11 is 12.6. The normalized spacial score (nSPS) is 12.0. The van der Waals surface area contributed by atoms with Gasteiger partial charge in [0.2, 0.25) is 0 Å². The van der Waals surface area contributed by atoms with Crippen LogP contribution in [-0.2, 0) is 9.47 Å². The second-order valence-electron chi connectivity index (χ2n) is 6.94. The molecule has 164 valence electrons. The Kier molecular flexibility index (Phi) is 7.07. The Morgan fingerprint density at radius 2 is 1.72 bits per heavy atom. The molecule has 0 saturated carbocycles. The first kappa shape index (κ1) is 22.3. The number of imidazole rings is 1. The van der Waals surface area contributed by atoms with Crippen LogP contribution < -0.4 is 5.32 Å². The first-order chi connectivity index (χ1) is 15.6. The number of nitrogens with zero attached hydrogens (tertiary/aromatic N) is 3. The predicted octanol–water partition coefficient (Wildman–Crippen LogP) is 5.79. The van der Waals surface area contributed by atoms with Crippen LogP contribution in [0.15, 0.2) is 77.9 Å². The van der Waals surface area contributed by atoms with Crippen LogP contribution in [-0.4, -0.2) is 42.3 Å². The number of rotatable bonds is 7. The van der Waals surface area contributed by atoms with Crippen LogP contribution in [0.4, 0.5) is 5.69 Å². The Bertz CT molecular complexity index is 1230. The van der Waals surface area contributed by atoms with Crippen molar-refractivity contribution in [2.75, 3.05) is 26.1 Å². The standard InChI is InChI=1S/C24H22Cl2N4O2/c1-31-21(32-2)15-27-24(28-17-12-10-16(25)11-13-17)23-22(18-7-3-4-8-19(18)26)29-20-9-5-6-14-30(20)23/h3-14,21H,15H2,1-2H3,(H,27,28). The lowest BCUT2D eigenvalue weighted by Gasteiger charge is -2.15. The molecule has 2 aromatic carbocycles. The minimum absolute atomic E-state index is 0.283. The molecule has 0 saturated heterocycles. The minimum atomic E-state index is -0.486. The highest BCUT2D eigenvalue weighted by molar-refractivity contribution is 6.33. The number of ether oxygens (including phenoxy) is 2. The molecule has 32 heavy (non-hydrogen) atoms. The number of hydrogen-bond donors (Lipinski definition) is 1. The Morgan fingerprint density at radius 3 is 2.44 bits per heavy atom. The maximum absolute atomic E-state index is 6.55. The molecule has 4 rings (SSSR count). The highest BCUT2D eigenvalue weighted by Gasteiger charge is 2.21.